The van der Waals surface area contributed by atoms with Crippen molar-refractivity contribution in [3.8, 4) is 0 Å². The maximum absolute atomic E-state index is 11.6. The van der Waals surface area contributed by atoms with E-state index in [4.69, 9.17) is 0 Å². The number of carbonyl (C=O) groups is 1. The molecule has 15 heavy (non-hydrogen) atoms. The Kier molecular flexibility index (Phi) is 3.51. The van der Waals surface area contributed by atoms with E-state index in [1.165, 1.54) is 22.3 Å². The predicted molar refractivity (Wildman–Crippen MR) is 63.1 cm³/mol. The molecule has 0 spiro atoms. The van der Waals surface area contributed by atoms with Crippen molar-refractivity contribution in [1.82, 2.24) is 4.90 Å². The Hall–Kier alpha value is -1.31. The average molecular weight is 205 g/mol. The van der Waals surface area contributed by atoms with Crippen LogP contribution in [0.4, 0.5) is 0 Å². The Labute approximate surface area is 91.9 Å². The molecule has 0 aliphatic rings. The molecule has 0 saturated carbocycles. The van der Waals surface area contributed by atoms with Crippen molar-refractivity contribution in [2.75, 3.05) is 14.1 Å². The lowest BCUT2D eigenvalue weighted by Gasteiger charge is -2.14. The summed E-state index contributed by atoms with van der Waals surface area (Å²) in [5.74, 6) is 0.157. The van der Waals surface area contributed by atoms with Gasteiger partial charge < -0.3 is 4.90 Å². The standard InChI is InChI=1S/C13H19NO/c1-9-6-10(2)12(11(3)7-9)8-13(15)14(4)5/h6-7H,8H2,1-5H3. The van der Waals surface area contributed by atoms with Gasteiger partial charge in [-0.3, -0.25) is 4.79 Å². The molecule has 1 amide bonds. The second-order valence-corrected chi connectivity index (χ2v) is 4.34. The van der Waals surface area contributed by atoms with E-state index in [9.17, 15) is 4.79 Å². The van der Waals surface area contributed by atoms with Crippen molar-refractivity contribution in [2.24, 2.45) is 0 Å². The number of aryl methyl sites for hydroxylation is 3. The van der Waals surface area contributed by atoms with Gasteiger partial charge >= 0.3 is 0 Å². The van der Waals surface area contributed by atoms with Gasteiger partial charge in [-0.2, -0.15) is 0 Å². The summed E-state index contributed by atoms with van der Waals surface area (Å²) < 4.78 is 0. The van der Waals surface area contributed by atoms with Gasteiger partial charge in [0.2, 0.25) is 5.91 Å². The summed E-state index contributed by atoms with van der Waals surface area (Å²) in [6.07, 6.45) is 0.505. The minimum absolute atomic E-state index is 0.157. The molecule has 0 fully saturated rings. The first-order valence-corrected chi connectivity index (χ1v) is 5.18. The largest absolute Gasteiger partial charge is 0.349 e. The zero-order chi connectivity index (χ0) is 11.6. The van der Waals surface area contributed by atoms with Gasteiger partial charge in [0.1, 0.15) is 0 Å². The van der Waals surface area contributed by atoms with Crippen LogP contribution in [0, 0.1) is 20.8 Å². The molecule has 2 heteroatoms. The van der Waals surface area contributed by atoms with Gasteiger partial charge in [-0.05, 0) is 37.5 Å². The molecular weight excluding hydrogens is 186 g/mol. The average Bonchev–Trinajstić information content (AvgIpc) is 2.10. The summed E-state index contributed by atoms with van der Waals surface area (Å²) in [6.45, 7) is 6.22. The van der Waals surface area contributed by atoms with Gasteiger partial charge in [-0.15, -0.1) is 0 Å². The van der Waals surface area contributed by atoms with Gasteiger partial charge in [0.25, 0.3) is 0 Å². The number of likely N-dealkylation sites (N-methyl/N-ethyl adjacent to an activating group) is 1. The molecule has 1 aromatic rings. The van der Waals surface area contributed by atoms with Gasteiger partial charge in [0.15, 0.2) is 0 Å². The lowest BCUT2D eigenvalue weighted by Crippen LogP contribution is -2.24. The fraction of sp³-hybridized carbons (Fsp3) is 0.462. The highest BCUT2D eigenvalue weighted by atomic mass is 16.2. The summed E-state index contributed by atoms with van der Waals surface area (Å²) in [6, 6.07) is 4.26. The van der Waals surface area contributed by atoms with E-state index in [0.717, 1.165) is 0 Å². The Morgan fingerprint density at radius 3 is 2.00 bits per heavy atom. The van der Waals surface area contributed by atoms with Crippen molar-refractivity contribution >= 4 is 5.91 Å². The first-order chi connectivity index (χ1) is 6.91. The smallest absolute Gasteiger partial charge is 0.226 e. The number of benzene rings is 1. The normalized spacial score (nSPS) is 10.2. The summed E-state index contributed by atoms with van der Waals surface area (Å²) in [5, 5.41) is 0. The number of nitrogens with zero attached hydrogens (tertiary/aromatic N) is 1. The molecular formula is C13H19NO. The first-order valence-electron chi connectivity index (χ1n) is 5.18. The highest BCUT2D eigenvalue weighted by Gasteiger charge is 2.10. The van der Waals surface area contributed by atoms with Crippen LogP contribution in [0.1, 0.15) is 22.3 Å². The highest BCUT2D eigenvalue weighted by molar-refractivity contribution is 5.79. The van der Waals surface area contributed by atoms with Gasteiger partial charge in [-0.25, -0.2) is 0 Å². The van der Waals surface area contributed by atoms with Gasteiger partial charge in [0, 0.05) is 14.1 Å². The van der Waals surface area contributed by atoms with E-state index in [2.05, 4.69) is 32.9 Å². The third kappa shape index (κ3) is 2.82. The SMILES string of the molecule is Cc1cc(C)c(CC(=O)N(C)C)c(C)c1. The Balaban J connectivity index is 3.00. The van der Waals surface area contributed by atoms with E-state index < -0.39 is 0 Å². The first kappa shape index (κ1) is 11.8. The van der Waals surface area contributed by atoms with Crippen molar-refractivity contribution in [1.29, 1.82) is 0 Å². The summed E-state index contributed by atoms with van der Waals surface area (Å²) in [5.41, 5.74) is 4.84. The van der Waals surface area contributed by atoms with Crippen LogP contribution in [0.5, 0.6) is 0 Å². The number of amides is 1. The molecule has 0 bridgehead atoms. The quantitative estimate of drug-likeness (QED) is 0.725. The number of rotatable bonds is 2. The zero-order valence-corrected chi connectivity index (χ0v) is 10.2. The number of carbonyl (C=O) groups excluding carboxylic acids is 1. The Morgan fingerprint density at radius 2 is 1.60 bits per heavy atom. The van der Waals surface area contributed by atoms with Crippen molar-refractivity contribution in [3.05, 3.63) is 34.4 Å². The minimum Gasteiger partial charge on any atom is -0.349 e. The second-order valence-electron chi connectivity index (χ2n) is 4.34. The third-order valence-corrected chi connectivity index (χ3v) is 2.67. The number of hydrogen-bond acceptors (Lipinski definition) is 1. The van der Waals surface area contributed by atoms with Gasteiger partial charge in [-0.1, -0.05) is 17.7 Å². The molecule has 0 saturated heterocycles. The van der Waals surface area contributed by atoms with E-state index in [-0.39, 0.29) is 5.91 Å². The van der Waals surface area contributed by atoms with E-state index >= 15 is 0 Å². The second kappa shape index (κ2) is 4.47. The highest BCUT2D eigenvalue weighted by Crippen LogP contribution is 2.17. The molecule has 0 aromatic heterocycles. The van der Waals surface area contributed by atoms with E-state index in [1.807, 2.05) is 0 Å². The molecule has 82 valence electrons. The zero-order valence-electron chi connectivity index (χ0n) is 10.2. The lowest BCUT2D eigenvalue weighted by molar-refractivity contribution is -0.127. The third-order valence-electron chi connectivity index (χ3n) is 2.67. The van der Waals surface area contributed by atoms with Crippen molar-refractivity contribution < 1.29 is 4.79 Å². The monoisotopic (exact) mass is 205 g/mol. The summed E-state index contributed by atoms with van der Waals surface area (Å²) >= 11 is 0. The van der Waals surface area contributed by atoms with E-state index in [1.54, 1.807) is 19.0 Å². The molecule has 0 radical (unpaired) electrons. The molecule has 0 heterocycles. The predicted octanol–water partition coefficient (Wildman–Crippen LogP) is 2.24. The molecule has 2 nitrogen and oxygen atoms in total. The molecule has 0 atom stereocenters. The summed E-state index contributed by atoms with van der Waals surface area (Å²) in [7, 11) is 3.59. The molecule has 0 N–H and O–H groups in total. The fourth-order valence-electron chi connectivity index (χ4n) is 1.80. The van der Waals surface area contributed by atoms with Gasteiger partial charge in [0.05, 0.1) is 6.42 Å². The van der Waals surface area contributed by atoms with Crippen LogP contribution in [0.3, 0.4) is 0 Å². The maximum Gasteiger partial charge on any atom is 0.226 e. The maximum atomic E-state index is 11.6. The van der Waals surface area contributed by atoms with Crippen molar-refractivity contribution in [3.63, 3.8) is 0 Å². The van der Waals surface area contributed by atoms with Crippen LogP contribution in [0.15, 0.2) is 12.1 Å². The van der Waals surface area contributed by atoms with Crippen LogP contribution in [-0.2, 0) is 11.2 Å². The van der Waals surface area contributed by atoms with E-state index in [0.29, 0.717) is 6.42 Å². The molecule has 0 aliphatic carbocycles. The topological polar surface area (TPSA) is 20.3 Å². The fourth-order valence-corrected chi connectivity index (χ4v) is 1.80. The molecule has 0 unspecified atom stereocenters. The lowest BCUT2D eigenvalue weighted by atomic mass is 9.97. The number of hydrogen-bond donors (Lipinski definition) is 0. The Morgan fingerprint density at radius 1 is 1.13 bits per heavy atom. The molecule has 1 rings (SSSR count). The van der Waals surface area contributed by atoms with Crippen LogP contribution in [-0.4, -0.2) is 24.9 Å². The van der Waals surface area contributed by atoms with Crippen LogP contribution in [0.2, 0.25) is 0 Å². The van der Waals surface area contributed by atoms with Crippen LogP contribution < -0.4 is 0 Å². The minimum atomic E-state index is 0.157. The van der Waals surface area contributed by atoms with Crippen LogP contribution >= 0.6 is 0 Å². The summed E-state index contributed by atoms with van der Waals surface area (Å²) in [4.78, 5) is 13.3. The Bertz CT molecular complexity index is 357. The molecule has 0 aliphatic heterocycles. The van der Waals surface area contributed by atoms with Crippen molar-refractivity contribution in [2.45, 2.75) is 27.2 Å². The molecule has 1 aromatic carbocycles. The van der Waals surface area contributed by atoms with Crippen LogP contribution in [0.25, 0.3) is 0 Å².